The molecule has 0 saturated carbocycles. The van der Waals surface area contributed by atoms with Gasteiger partial charge < -0.3 is 0 Å². The number of nitrogens with zero attached hydrogens (tertiary/aromatic N) is 1. The van der Waals surface area contributed by atoms with Gasteiger partial charge in [-0.3, -0.25) is 0 Å². The van der Waals surface area contributed by atoms with Crippen LogP contribution in [0.1, 0.15) is 12.8 Å². The monoisotopic (exact) mass is 404 g/mol. The molecule has 0 bridgehead atoms. The van der Waals surface area contributed by atoms with Crippen LogP contribution in [-0.4, -0.2) is 40.3 Å². The molecule has 0 aliphatic carbocycles. The lowest BCUT2D eigenvalue weighted by molar-refractivity contribution is 0.308. The van der Waals surface area contributed by atoms with Crippen molar-refractivity contribution in [1.29, 1.82) is 0 Å². The summed E-state index contributed by atoms with van der Waals surface area (Å²) in [5, 5.41) is 1.69. The van der Waals surface area contributed by atoms with Gasteiger partial charge in [-0.25, -0.2) is 25.9 Å². The smallest absolute Gasteiger partial charge is 0.207 e. The molecule has 1 fully saturated rings. The van der Waals surface area contributed by atoms with E-state index in [9.17, 15) is 21.2 Å². The standard InChI is InChI=1S/C15H17FN2O4S3/c16-12-3-5-14(6-4-12)25(21,22)18-9-7-13(8-10-18)17-24(19,20)15-2-1-11-23-15/h1-6,11,13,17H,7-10H2. The quantitative estimate of drug-likeness (QED) is 0.826. The van der Waals surface area contributed by atoms with Crippen molar-refractivity contribution in [2.75, 3.05) is 13.1 Å². The Kier molecular flexibility index (Phi) is 5.26. The second-order valence-electron chi connectivity index (χ2n) is 5.69. The number of nitrogens with one attached hydrogen (secondary N) is 1. The Balaban J connectivity index is 1.65. The highest BCUT2D eigenvalue weighted by Gasteiger charge is 2.31. The molecular formula is C15H17FN2O4S3. The maximum absolute atomic E-state index is 13.0. The van der Waals surface area contributed by atoms with Crippen molar-refractivity contribution in [3.63, 3.8) is 0 Å². The van der Waals surface area contributed by atoms with Crippen molar-refractivity contribution in [1.82, 2.24) is 9.03 Å². The summed E-state index contributed by atoms with van der Waals surface area (Å²) in [5.41, 5.74) is 0. The summed E-state index contributed by atoms with van der Waals surface area (Å²) in [4.78, 5) is 0.0338. The van der Waals surface area contributed by atoms with Gasteiger partial charge in [-0.05, 0) is 48.6 Å². The lowest BCUT2D eigenvalue weighted by Crippen LogP contribution is -2.46. The van der Waals surface area contributed by atoms with Crippen LogP contribution in [0.2, 0.25) is 0 Å². The van der Waals surface area contributed by atoms with Crippen molar-refractivity contribution >= 4 is 31.4 Å². The van der Waals surface area contributed by atoms with E-state index in [0.717, 1.165) is 23.5 Å². The molecule has 3 rings (SSSR count). The van der Waals surface area contributed by atoms with Crippen LogP contribution in [0.3, 0.4) is 0 Å². The van der Waals surface area contributed by atoms with Crippen molar-refractivity contribution < 1.29 is 21.2 Å². The maximum Gasteiger partial charge on any atom is 0.250 e. The van der Waals surface area contributed by atoms with Gasteiger partial charge in [0, 0.05) is 19.1 Å². The molecule has 2 heterocycles. The van der Waals surface area contributed by atoms with Gasteiger partial charge >= 0.3 is 0 Å². The van der Waals surface area contributed by atoms with Gasteiger partial charge in [0.2, 0.25) is 20.0 Å². The zero-order valence-corrected chi connectivity index (χ0v) is 15.6. The first-order valence-electron chi connectivity index (χ1n) is 7.60. The minimum absolute atomic E-state index is 0.0338. The Morgan fingerprint density at radius 3 is 2.24 bits per heavy atom. The number of sulfonamides is 2. The van der Waals surface area contributed by atoms with E-state index in [1.54, 1.807) is 11.4 Å². The van der Waals surface area contributed by atoms with E-state index in [-0.39, 0.29) is 28.2 Å². The molecule has 0 amide bonds. The van der Waals surface area contributed by atoms with Crippen LogP contribution in [0.15, 0.2) is 50.9 Å². The fraction of sp³-hybridized carbons (Fsp3) is 0.333. The van der Waals surface area contributed by atoms with Crippen LogP contribution in [0, 0.1) is 5.82 Å². The Morgan fingerprint density at radius 2 is 1.68 bits per heavy atom. The molecule has 1 saturated heterocycles. The number of hydrogen-bond acceptors (Lipinski definition) is 5. The normalized spacial score (nSPS) is 17.6. The number of piperidine rings is 1. The van der Waals surface area contributed by atoms with Gasteiger partial charge in [0.05, 0.1) is 4.90 Å². The van der Waals surface area contributed by atoms with Gasteiger partial charge in [0.1, 0.15) is 10.0 Å². The molecule has 0 spiro atoms. The zero-order valence-electron chi connectivity index (χ0n) is 13.1. The van der Waals surface area contributed by atoms with Crippen LogP contribution >= 0.6 is 11.3 Å². The van der Waals surface area contributed by atoms with Crippen molar-refractivity contribution in [3.05, 3.63) is 47.6 Å². The first-order chi connectivity index (χ1) is 11.8. The number of benzene rings is 1. The summed E-state index contributed by atoms with van der Waals surface area (Å²) >= 11 is 1.13. The van der Waals surface area contributed by atoms with E-state index in [0.29, 0.717) is 12.8 Å². The average Bonchev–Trinajstić information content (AvgIpc) is 3.11. The summed E-state index contributed by atoms with van der Waals surface area (Å²) in [6, 6.07) is 7.56. The molecule has 0 unspecified atom stereocenters. The van der Waals surface area contributed by atoms with Gasteiger partial charge in [-0.15, -0.1) is 11.3 Å². The topological polar surface area (TPSA) is 83.6 Å². The van der Waals surface area contributed by atoms with Crippen molar-refractivity contribution in [2.24, 2.45) is 0 Å². The Morgan fingerprint density at radius 1 is 1.04 bits per heavy atom. The second kappa shape index (κ2) is 7.12. The number of hydrogen-bond donors (Lipinski definition) is 1. The third kappa shape index (κ3) is 4.09. The lowest BCUT2D eigenvalue weighted by atomic mass is 10.1. The molecular weight excluding hydrogens is 387 g/mol. The lowest BCUT2D eigenvalue weighted by Gasteiger charge is -2.31. The summed E-state index contributed by atoms with van der Waals surface area (Å²) in [6.45, 7) is 0.411. The molecule has 1 aromatic carbocycles. The number of thiophene rings is 1. The van der Waals surface area contributed by atoms with Gasteiger partial charge in [0.15, 0.2) is 0 Å². The van der Waals surface area contributed by atoms with E-state index in [1.165, 1.54) is 22.5 Å². The maximum atomic E-state index is 13.0. The highest BCUT2D eigenvalue weighted by molar-refractivity contribution is 7.91. The van der Waals surface area contributed by atoms with Gasteiger partial charge in [-0.1, -0.05) is 6.07 Å². The Bertz CT molecular complexity index is 918. The van der Waals surface area contributed by atoms with E-state index in [2.05, 4.69) is 4.72 Å². The molecule has 0 atom stereocenters. The summed E-state index contributed by atoms with van der Waals surface area (Å²) < 4.78 is 66.7. The molecule has 6 nitrogen and oxygen atoms in total. The fourth-order valence-corrected chi connectivity index (χ4v) is 6.45. The van der Waals surface area contributed by atoms with E-state index >= 15 is 0 Å². The minimum atomic E-state index is -3.70. The highest BCUT2D eigenvalue weighted by atomic mass is 32.2. The first kappa shape index (κ1) is 18.5. The predicted octanol–water partition coefficient (Wildman–Crippen LogP) is 2.02. The van der Waals surface area contributed by atoms with Crippen LogP contribution in [0.4, 0.5) is 4.39 Å². The third-order valence-electron chi connectivity index (χ3n) is 3.99. The van der Waals surface area contributed by atoms with Crippen molar-refractivity contribution in [3.8, 4) is 0 Å². The van der Waals surface area contributed by atoms with E-state index in [4.69, 9.17) is 0 Å². The first-order valence-corrected chi connectivity index (χ1v) is 11.4. The molecule has 1 N–H and O–H groups in total. The average molecular weight is 405 g/mol. The molecule has 0 radical (unpaired) electrons. The molecule has 1 aromatic heterocycles. The van der Waals surface area contributed by atoms with Crippen molar-refractivity contribution in [2.45, 2.75) is 28.0 Å². The molecule has 136 valence electrons. The zero-order chi connectivity index (χ0) is 18.1. The third-order valence-corrected chi connectivity index (χ3v) is 8.82. The second-order valence-corrected chi connectivity index (χ2v) is 10.5. The molecule has 1 aliphatic rings. The Hall–Kier alpha value is -1.33. The van der Waals surface area contributed by atoms with Crippen LogP contribution in [-0.2, 0) is 20.0 Å². The van der Waals surface area contributed by atoms with Gasteiger partial charge in [-0.2, -0.15) is 4.31 Å². The van der Waals surface area contributed by atoms with Gasteiger partial charge in [0.25, 0.3) is 0 Å². The summed E-state index contributed by atoms with van der Waals surface area (Å²) in [6.07, 6.45) is 0.760. The SMILES string of the molecule is O=S(=O)(NC1CCN(S(=O)(=O)c2ccc(F)cc2)CC1)c1cccs1. The highest BCUT2D eigenvalue weighted by Crippen LogP contribution is 2.23. The molecule has 2 aromatic rings. The fourth-order valence-electron chi connectivity index (χ4n) is 2.66. The largest absolute Gasteiger partial charge is 0.250 e. The number of halogens is 1. The molecule has 25 heavy (non-hydrogen) atoms. The molecule has 1 aliphatic heterocycles. The summed E-state index contributed by atoms with van der Waals surface area (Å²) in [7, 11) is -7.27. The molecule has 10 heteroatoms. The Labute approximate surface area is 150 Å². The number of rotatable bonds is 5. The van der Waals surface area contributed by atoms with E-state index < -0.39 is 25.9 Å². The van der Waals surface area contributed by atoms with Crippen LogP contribution in [0.25, 0.3) is 0 Å². The summed E-state index contributed by atoms with van der Waals surface area (Å²) in [5.74, 6) is -0.499. The van der Waals surface area contributed by atoms with Crippen LogP contribution in [0.5, 0.6) is 0 Å². The predicted molar refractivity (Wildman–Crippen MR) is 92.8 cm³/mol. The van der Waals surface area contributed by atoms with Crippen LogP contribution < -0.4 is 4.72 Å². The van der Waals surface area contributed by atoms with E-state index in [1.807, 2.05) is 0 Å². The minimum Gasteiger partial charge on any atom is -0.207 e.